The Bertz CT molecular complexity index is 717. The zero-order valence-electron chi connectivity index (χ0n) is 10.5. The number of hydrogen-bond donors (Lipinski definition) is 3. The summed E-state index contributed by atoms with van der Waals surface area (Å²) in [6, 6.07) is 2.31. The summed E-state index contributed by atoms with van der Waals surface area (Å²) in [5.74, 6) is -1.18. The van der Waals surface area contributed by atoms with E-state index in [1.54, 1.807) is 13.1 Å². The molecule has 2 amide bonds. The fraction of sp³-hybridized carbons (Fsp3) is 0.100. The van der Waals surface area contributed by atoms with Crippen LogP contribution < -0.4 is 10.6 Å². The summed E-state index contributed by atoms with van der Waals surface area (Å²) in [5, 5.41) is 24.9. The Labute approximate surface area is 135 Å². The Morgan fingerprint density at radius 3 is 2.57 bits per heavy atom. The second kappa shape index (κ2) is 6.18. The molecule has 9 nitrogen and oxygen atoms in total. The minimum absolute atomic E-state index is 0.000101. The molecule has 21 heavy (non-hydrogen) atoms. The summed E-state index contributed by atoms with van der Waals surface area (Å²) in [4.78, 5) is 24.2. The van der Waals surface area contributed by atoms with Gasteiger partial charge in [-0.15, -0.1) is 5.10 Å². The van der Waals surface area contributed by atoms with E-state index in [-0.39, 0.29) is 17.2 Å². The quantitative estimate of drug-likeness (QED) is 0.699. The Hall–Kier alpha value is -2.01. The lowest BCUT2D eigenvalue weighted by Gasteiger charge is -2.11. The number of halogens is 2. The number of amides is 2. The molecule has 110 valence electrons. The van der Waals surface area contributed by atoms with Gasteiger partial charge in [-0.3, -0.25) is 5.32 Å². The molecule has 1 heterocycles. The van der Waals surface area contributed by atoms with Gasteiger partial charge in [0.2, 0.25) is 0 Å². The first-order chi connectivity index (χ1) is 9.86. The molecule has 0 aliphatic heterocycles. The van der Waals surface area contributed by atoms with E-state index in [0.717, 1.165) is 0 Å². The fourth-order valence-corrected chi connectivity index (χ4v) is 2.77. The van der Waals surface area contributed by atoms with Gasteiger partial charge in [0.05, 0.1) is 18.3 Å². The van der Waals surface area contributed by atoms with Crippen LogP contribution in [-0.4, -0.2) is 37.3 Å². The molecular weight excluding hydrogens is 412 g/mol. The third-order valence-corrected chi connectivity index (χ3v) is 3.34. The Morgan fingerprint density at radius 2 is 2.00 bits per heavy atom. The molecule has 0 saturated carbocycles. The zero-order valence-corrected chi connectivity index (χ0v) is 13.6. The number of carboxylic acids is 1. The molecule has 0 atom stereocenters. The van der Waals surface area contributed by atoms with Crippen LogP contribution in [0.2, 0.25) is 0 Å². The van der Waals surface area contributed by atoms with E-state index >= 15 is 0 Å². The summed E-state index contributed by atoms with van der Waals surface area (Å²) in [7, 11) is 1.55. The molecule has 0 fully saturated rings. The number of aromatic carboxylic acids is 1. The van der Waals surface area contributed by atoms with Crippen molar-refractivity contribution in [2.24, 2.45) is 7.05 Å². The molecule has 1 aromatic carbocycles. The molecular formula is C10H8Br2N6O3. The lowest BCUT2D eigenvalue weighted by atomic mass is 10.2. The van der Waals surface area contributed by atoms with Gasteiger partial charge >= 0.3 is 12.0 Å². The highest BCUT2D eigenvalue weighted by atomic mass is 79.9. The molecule has 0 saturated heterocycles. The number of aromatic nitrogens is 4. The number of hydrogen-bond acceptors (Lipinski definition) is 5. The van der Waals surface area contributed by atoms with E-state index in [2.05, 4.69) is 57.9 Å². The second-order valence-electron chi connectivity index (χ2n) is 3.80. The normalized spacial score (nSPS) is 10.2. The molecule has 2 rings (SSSR count). The van der Waals surface area contributed by atoms with Crippen molar-refractivity contribution in [3.8, 4) is 0 Å². The maximum absolute atomic E-state index is 11.8. The number of benzene rings is 1. The van der Waals surface area contributed by atoms with Gasteiger partial charge in [0.15, 0.2) is 0 Å². The van der Waals surface area contributed by atoms with Gasteiger partial charge in [0.25, 0.3) is 5.95 Å². The van der Waals surface area contributed by atoms with Gasteiger partial charge in [-0.1, -0.05) is 21.0 Å². The maximum atomic E-state index is 11.8. The molecule has 0 aliphatic carbocycles. The van der Waals surface area contributed by atoms with Crippen LogP contribution in [0.4, 0.5) is 16.4 Å². The number of carboxylic acid groups (broad SMARTS) is 1. The summed E-state index contributed by atoms with van der Waals surface area (Å²) in [5.41, 5.74) is 0.0468. The first kappa shape index (κ1) is 15.4. The predicted octanol–water partition coefficient (Wildman–Crippen LogP) is 2.08. The minimum Gasteiger partial charge on any atom is -0.478 e. The van der Waals surface area contributed by atoms with Crippen molar-refractivity contribution in [1.82, 2.24) is 20.2 Å². The van der Waals surface area contributed by atoms with Crippen LogP contribution in [0.3, 0.4) is 0 Å². The lowest BCUT2D eigenvalue weighted by molar-refractivity contribution is 0.0698. The third kappa shape index (κ3) is 3.76. The molecule has 11 heteroatoms. The smallest absolute Gasteiger partial charge is 0.337 e. The number of urea groups is 1. The predicted molar refractivity (Wildman–Crippen MR) is 80.2 cm³/mol. The maximum Gasteiger partial charge on any atom is 0.337 e. The molecule has 0 bridgehead atoms. The van der Waals surface area contributed by atoms with Crippen molar-refractivity contribution < 1.29 is 14.7 Å². The largest absolute Gasteiger partial charge is 0.478 e. The topological polar surface area (TPSA) is 122 Å². The number of rotatable bonds is 3. The van der Waals surface area contributed by atoms with Crippen LogP contribution in [0.1, 0.15) is 10.4 Å². The second-order valence-corrected chi connectivity index (χ2v) is 5.57. The number of tetrazole rings is 1. The number of aryl methyl sites for hydroxylation is 1. The Balaban J connectivity index is 2.22. The van der Waals surface area contributed by atoms with Gasteiger partial charge in [-0.05, 0) is 33.3 Å². The standard InChI is InChI=1S/C10H8Br2N6O3/c1-18-16-9(15-17-18)14-10(21)13-7-5(8(19)20)2-4(11)3-6(7)12/h2-3H,1H3,(H,19,20)(H2,13,14,16,21). The summed E-state index contributed by atoms with van der Waals surface area (Å²) in [6.07, 6.45) is 0. The first-order valence-electron chi connectivity index (χ1n) is 5.41. The molecule has 0 spiro atoms. The van der Waals surface area contributed by atoms with E-state index in [1.165, 1.54) is 10.9 Å². The van der Waals surface area contributed by atoms with Crippen LogP contribution in [0.15, 0.2) is 21.1 Å². The molecule has 0 unspecified atom stereocenters. The van der Waals surface area contributed by atoms with Crippen molar-refractivity contribution in [3.05, 3.63) is 26.6 Å². The Kier molecular flexibility index (Phi) is 4.53. The van der Waals surface area contributed by atoms with E-state index in [0.29, 0.717) is 8.95 Å². The van der Waals surface area contributed by atoms with Crippen LogP contribution in [0.25, 0.3) is 0 Å². The molecule has 0 radical (unpaired) electrons. The van der Waals surface area contributed by atoms with Crippen LogP contribution in [0.5, 0.6) is 0 Å². The SMILES string of the molecule is Cn1nnc(NC(=O)Nc2c(Br)cc(Br)cc2C(=O)O)n1. The van der Waals surface area contributed by atoms with E-state index in [9.17, 15) is 9.59 Å². The molecule has 0 aliphatic rings. The number of carbonyl (C=O) groups excluding carboxylic acids is 1. The average molecular weight is 420 g/mol. The molecule has 1 aromatic heterocycles. The first-order valence-corrected chi connectivity index (χ1v) is 6.99. The highest BCUT2D eigenvalue weighted by Gasteiger charge is 2.17. The minimum atomic E-state index is -1.18. The van der Waals surface area contributed by atoms with Crippen molar-refractivity contribution in [1.29, 1.82) is 0 Å². The fourth-order valence-electron chi connectivity index (χ4n) is 1.45. The van der Waals surface area contributed by atoms with Crippen LogP contribution in [0, 0.1) is 0 Å². The van der Waals surface area contributed by atoms with Crippen LogP contribution in [-0.2, 0) is 7.05 Å². The number of anilines is 2. The van der Waals surface area contributed by atoms with Gasteiger partial charge in [-0.25, -0.2) is 9.59 Å². The van der Waals surface area contributed by atoms with Crippen LogP contribution >= 0.6 is 31.9 Å². The zero-order chi connectivity index (χ0) is 15.6. The highest BCUT2D eigenvalue weighted by Crippen LogP contribution is 2.30. The number of nitrogens with zero attached hydrogens (tertiary/aromatic N) is 4. The summed E-state index contributed by atoms with van der Waals surface area (Å²) < 4.78 is 0.977. The molecule has 2 aromatic rings. The van der Waals surface area contributed by atoms with E-state index in [1.807, 2.05) is 0 Å². The van der Waals surface area contributed by atoms with E-state index < -0.39 is 12.0 Å². The number of carbonyl (C=O) groups is 2. The third-order valence-electron chi connectivity index (χ3n) is 2.26. The van der Waals surface area contributed by atoms with Crippen molar-refractivity contribution >= 4 is 55.5 Å². The van der Waals surface area contributed by atoms with E-state index in [4.69, 9.17) is 5.11 Å². The average Bonchev–Trinajstić information content (AvgIpc) is 2.77. The number of nitrogens with one attached hydrogen (secondary N) is 2. The van der Waals surface area contributed by atoms with Gasteiger partial charge < -0.3 is 10.4 Å². The Morgan fingerprint density at radius 1 is 1.29 bits per heavy atom. The van der Waals surface area contributed by atoms with Gasteiger partial charge in [0.1, 0.15) is 0 Å². The highest BCUT2D eigenvalue weighted by molar-refractivity contribution is 9.11. The summed E-state index contributed by atoms with van der Waals surface area (Å²) in [6.45, 7) is 0. The lowest BCUT2D eigenvalue weighted by Crippen LogP contribution is -2.22. The van der Waals surface area contributed by atoms with Gasteiger partial charge in [-0.2, -0.15) is 4.80 Å². The van der Waals surface area contributed by atoms with Crippen molar-refractivity contribution in [2.45, 2.75) is 0 Å². The molecule has 3 N–H and O–H groups in total. The van der Waals surface area contributed by atoms with Crippen molar-refractivity contribution in [3.63, 3.8) is 0 Å². The summed E-state index contributed by atoms with van der Waals surface area (Å²) >= 11 is 6.39. The van der Waals surface area contributed by atoms with Crippen molar-refractivity contribution in [2.75, 3.05) is 10.6 Å². The van der Waals surface area contributed by atoms with Gasteiger partial charge in [0, 0.05) is 8.95 Å². The monoisotopic (exact) mass is 418 g/mol.